The monoisotopic (exact) mass is 163 g/mol. The van der Waals surface area contributed by atoms with Gasteiger partial charge in [0.2, 0.25) is 0 Å². The van der Waals surface area contributed by atoms with Crippen LogP contribution in [-0.2, 0) is 0 Å². The summed E-state index contributed by atoms with van der Waals surface area (Å²) in [5.74, 6) is -1.28. The second kappa shape index (κ2) is 2.26. The number of fused-ring (bicyclic) bond motifs is 1. The molecule has 0 spiro atoms. The molecule has 6 nitrogen and oxygen atoms in total. The Morgan fingerprint density at radius 2 is 2.42 bits per heavy atom. The quantitative estimate of drug-likeness (QED) is 0.510. The average molecular weight is 163 g/mol. The highest BCUT2D eigenvalue weighted by Crippen LogP contribution is 2.03. The molecule has 2 aromatic heterocycles. The zero-order chi connectivity index (χ0) is 8.55. The number of carbonyl (C=O) groups excluding carboxylic acids is 1. The van der Waals surface area contributed by atoms with E-state index < -0.39 is 5.97 Å². The van der Waals surface area contributed by atoms with Crippen molar-refractivity contribution in [2.45, 2.75) is 0 Å². The minimum Gasteiger partial charge on any atom is -0.545 e. The Morgan fingerprint density at radius 3 is 3.17 bits per heavy atom. The molecule has 0 amide bonds. The number of tetrazole rings is 1. The summed E-state index contributed by atoms with van der Waals surface area (Å²) in [6.07, 6.45) is 1.56. The maximum absolute atomic E-state index is 10.5. The number of rotatable bonds is 1. The molecule has 0 unspecified atom stereocenters. The van der Waals surface area contributed by atoms with Crippen molar-refractivity contribution < 1.29 is 9.90 Å². The van der Waals surface area contributed by atoms with Crippen LogP contribution in [0, 0.1) is 0 Å². The van der Waals surface area contributed by atoms with E-state index in [9.17, 15) is 9.90 Å². The second-order valence-electron chi connectivity index (χ2n) is 2.16. The SMILES string of the molecule is O=C([O-])c1cccn2nnnc12. The first-order valence-corrected chi connectivity index (χ1v) is 3.17. The van der Waals surface area contributed by atoms with Gasteiger partial charge in [0.15, 0.2) is 5.65 Å². The molecule has 0 aliphatic carbocycles. The average Bonchev–Trinajstić information content (AvgIpc) is 2.49. The van der Waals surface area contributed by atoms with E-state index in [4.69, 9.17) is 0 Å². The van der Waals surface area contributed by atoms with Gasteiger partial charge in [0.25, 0.3) is 0 Å². The van der Waals surface area contributed by atoms with Gasteiger partial charge in [0, 0.05) is 11.8 Å². The Balaban J connectivity index is 2.82. The van der Waals surface area contributed by atoms with Crippen LogP contribution in [-0.4, -0.2) is 26.0 Å². The highest BCUT2D eigenvalue weighted by molar-refractivity contribution is 5.92. The van der Waals surface area contributed by atoms with E-state index in [2.05, 4.69) is 15.5 Å². The van der Waals surface area contributed by atoms with Crippen LogP contribution in [0.15, 0.2) is 18.3 Å². The number of carboxylic acid groups (broad SMARTS) is 1. The third-order valence-corrected chi connectivity index (χ3v) is 1.44. The lowest BCUT2D eigenvalue weighted by Crippen LogP contribution is -2.23. The fraction of sp³-hybridized carbons (Fsp3) is 0. The van der Waals surface area contributed by atoms with Gasteiger partial charge < -0.3 is 9.90 Å². The van der Waals surface area contributed by atoms with Crippen LogP contribution in [0.5, 0.6) is 0 Å². The van der Waals surface area contributed by atoms with E-state index >= 15 is 0 Å². The van der Waals surface area contributed by atoms with E-state index in [0.717, 1.165) is 0 Å². The molecule has 0 fully saturated rings. The highest BCUT2D eigenvalue weighted by Gasteiger charge is 2.03. The van der Waals surface area contributed by atoms with E-state index in [1.807, 2.05) is 0 Å². The maximum atomic E-state index is 10.5. The lowest BCUT2D eigenvalue weighted by atomic mass is 10.3. The van der Waals surface area contributed by atoms with Crippen LogP contribution in [0.1, 0.15) is 10.4 Å². The van der Waals surface area contributed by atoms with Crippen LogP contribution in [0.2, 0.25) is 0 Å². The number of carbonyl (C=O) groups is 1. The summed E-state index contributed by atoms with van der Waals surface area (Å²) in [6, 6.07) is 2.93. The molecule has 0 N–H and O–H groups in total. The zero-order valence-electron chi connectivity index (χ0n) is 5.84. The predicted molar refractivity (Wildman–Crippen MR) is 35.1 cm³/mol. The van der Waals surface area contributed by atoms with Crippen molar-refractivity contribution in [2.24, 2.45) is 0 Å². The topological polar surface area (TPSA) is 83.2 Å². The number of hydrogen-bond donors (Lipinski definition) is 0. The van der Waals surface area contributed by atoms with E-state index in [1.54, 1.807) is 6.20 Å². The molecule has 0 radical (unpaired) electrons. The first-order valence-electron chi connectivity index (χ1n) is 3.17. The Bertz CT molecular complexity index is 436. The molecule has 0 atom stereocenters. The number of carboxylic acids is 1. The van der Waals surface area contributed by atoms with Crippen LogP contribution >= 0.6 is 0 Å². The summed E-state index contributed by atoms with van der Waals surface area (Å²) in [6.45, 7) is 0. The first kappa shape index (κ1) is 6.71. The van der Waals surface area contributed by atoms with Gasteiger partial charge in [0.1, 0.15) is 0 Å². The molecule has 0 saturated carbocycles. The number of nitrogens with zero attached hydrogens (tertiary/aromatic N) is 4. The van der Waals surface area contributed by atoms with Crippen molar-refractivity contribution in [2.75, 3.05) is 0 Å². The summed E-state index contributed by atoms with van der Waals surface area (Å²) in [5.41, 5.74) is 0.181. The third kappa shape index (κ3) is 0.815. The normalized spacial score (nSPS) is 10.3. The van der Waals surface area contributed by atoms with Gasteiger partial charge in [-0.3, -0.25) is 0 Å². The maximum Gasteiger partial charge on any atom is 0.188 e. The highest BCUT2D eigenvalue weighted by atomic mass is 16.4. The van der Waals surface area contributed by atoms with Crippen LogP contribution in [0.25, 0.3) is 5.65 Å². The number of aromatic carboxylic acids is 1. The summed E-state index contributed by atoms with van der Waals surface area (Å²) in [5, 5.41) is 20.9. The Kier molecular flexibility index (Phi) is 1.26. The molecule has 60 valence electrons. The van der Waals surface area contributed by atoms with Crippen molar-refractivity contribution in [1.82, 2.24) is 20.0 Å². The standard InChI is InChI=1S/C6H4N4O2/c11-6(12)4-2-1-3-10-5(4)7-8-9-10/h1-3H,(H,11,12)/p-1. The van der Waals surface area contributed by atoms with Crippen LogP contribution < -0.4 is 5.11 Å². The molecule has 6 heteroatoms. The zero-order valence-corrected chi connectivity index (χ0v) is 5.84. The van der Waals surface area contributed by atoms with Crippen molar-refractivity contribution in [1.29, 1.82) is 0 Å². The second-order valence-corrected chi connectivity index (χ2v) is 2.16. The number of pyridine rings is 1. The molecule has 0 aliphatic rings. The van der Waals surface area contributed by atoms with E-state index in [0.29, 0.717) is 0 Å². The Hall–Kier alpha value is -1.98. The van der Waals surface area contributed by atoms with Crippen molar-refractivity contribution in [3.8, 4) is 0 Å². The fourth-order valence-corrected chi connectivity index (χ4v) is 0.926. The smallest absolute Gasteiger partial charge is 0.188 e. The predicted octanol–water partition coefficient (Wildman–Crippen LogP) is -1.51. The largest absolute Gasteiger partial charge is 0.545 e. The van der Waals surface area contributed by atoms with Crippen molar-refractivity contribution in [3.05, 3.63) is 23.9 Å². The molecule has 0 saturated heterocycles. The van der Waals surface area contributed by atoms with Crippen molar-refractivity contribution >= 4 is 11.6 Å². The van der Waals surface area contributed by atoms with Crippen molar-refractivity contribution in [3.63, 3.8) is 0 Å². The Morgan fingerprint density at radius 1 is 1.58 bits per heavy atom. The molecule has 0 bridgehead atoms. The van der Waals surface area contributed by atoms with Gasteiger partial charge >= 0.3 is 0 Å². The van der Waals surface area contributed by atoms with Gasteiger partial charge in [-0.05, 0) is 22.6 Å². The lowest BCUT2D eigenvalue weighted by Gasteiger charge is -2.00. The Labute approximate surface area is 66.4 Å². The van der Waals surface area contributed by atoms with Crippen LogP contribution in [0.4, 0.5) is 0 Å². The van der Waals surface area contributed by atoms with Gasteiger partial charge in [-0.15, -0.1) is 5.10 Å². The number of aromatic nitrogens is 4. The molecular formula is C6H3N4O2-. The molecule has 12 heavy (non-hydrogen) atoms. The molecule has 0 aromatic carbocycles. The summed E-state index contributed by atoms with van der Waals surface area (Å²) in [4.78, 5) is 10.5. The molecule has 0 aliphatic heterocycles. The first-order chi connectivity index (χ1) is 5.79. The van der Waals surface area contributed by atoms with E-state index in [-0.39, 0.29) is 11.2 Å². The molecule has 2 aromatic rings. The molecule has 2 heterocycles. The summed E-state index contributed by atoms with van der Waals surface area (Å²) in [7, 11) is 0. The third-order valence-electron chi connectivity index (χ3n) is 1.44. The molecule has 2 rings (SSSR count). The summed E-state index contributed by atoms with van der Waals surface area (Å²) >= 11 is 0. The molecular weight excluding hydrogens is 160 g/mol. The minimum absolute atomic E-state index is 0.0116. The van der Waals surface area contributed by atoms with Crippen LogP contribution in [0.3, 0.4) is 0 Å². The minimum atomic E-state index is -1.28. The van der Waals surface area contributed by atoms with Gasteiger partial charge in [-0.2, -0.15) is 4.52 Å². The number of hydrogen-bond acceptors (Lipinski definition) is 5. The summed E-state index contributed by atoms with van der Waals surface area (Å²) < 4.78 is 1.27. The van der Waals surface area contributed by atoms with Gasteiger partial charge in [-0.25, -0.2) is 0 Å². The van der Waals surface area contributed by atoms with Gasteiger partial charge in [0.05, 0.1) is 5.97 Å². The lowest BCUT2D eigenvalue weighted by molar-refractivity contribution is -0.254. The van der Waals surface area contributed by atoms with E-state index in [1.165, 1.54) is 16.6 Å². The van der Waals surface area contributed by atoms with Gasteiger partial charge in [-0.1, -0.05) is 0 Å². The fourth-order valence-electron chi connectivity index (χ4n) is 0.926.